The zero-order valence-corrected chi connectivity index (χ0v) is 11.4. The molecule has 3 N–H and O–H groups in total. The van der Waals surface area contributed by atoms with E-state index in [0.29, 0.717) is 17.1 Å². The van der Waals surface area contributed by atoms with Crippen LogP contribution in [0.4, 0.5) is 11.5 Å². The number of carbonyl (C=O) groups is 1. The van der Waals surface area contributed by atoms with Crippen molar-refractivity contribution in [3.05, 3.63) is 52.1 Å². The highest BCUT2D eigenvalue weighted by Gasteiger charge is 2.11. The number of hydrogen-bond acceptors (Lipinski definition) is 3. The van der Waals surface area contributed by atoms with Gasteiger partial charge in [0.2, 0.25) is 0 Å². The Balaban J connectivity index is 2.22. The zero-order chi connectivity index (χ0) is 13.1. The van der Waals surface area contributed by atoms with Crippen LogP contribution in [0.15, 0.2) is 41.0 Å². The number of pyridine rings is 1. The number of nitrogens with two attached hydrogens (primary N) is 1. The minimum Gasteiger partial charge on any atom is -0.397 e. The van der Waals surface area contributed by atoms with Gasteiger partial charge in [0.05, 0.1) is 11.9 Å². The van der Waals surface area contributed by atoms with E-state index in [4.69, 9.17) is 5.73 Å². The van der Waals surface area contributed by atoms with Crippen molar-refractivity contribution in [3.8, 4) is 0 Å². The quantitative estimate of drug-likeness (QED) is 0.896. The molecule has 0 aliphatic rings. The fourth-order valence-electron chi connectivity index (χ4n) is 1.52. The number of nitrogens with one attached hydrogen (secondary N) is 1. The molecule has 0 radical (unpaired) electrons. The van der Waals surface area contributed by atoms with Gasteiger partial charge in [-0.2, -0.15) is 0 Å². The van der Waals surface area contributed by atoms with Gasteiger partial charge in [-0.15, -0.1) is 0 Å². The van der Waals surface area contributed by atoms with Gasteiger partial charge in [-0.3, -0.25) is 4.79 Å². The molecule has 5 heteroatoms. The highest BCUT2D eigenvalue weighted by Crippen LogP contribution is 2.20. The lowest BCUT2D eigenvalue weighted by molar-refractivity contribution is 0.102. The van der Waals surface area contributed by atoms with E-state index in [1.807, 2.05) is 19.1 Å². The number of anilines is 2. The fourth-order valence-corrected chi connectivity index (χ4v) is 1.88. The SMILES string of the molecule is Cc1c(Br)cccc1C(=O)Nc1ccc(N)cn1. The monoisotopic (exact) mass is 305 g/mol. The number of aromatic nitrogens is 1. The Kier molecular flexibility index (Phi) is 3.62. The smallest absolute Gasteiger partial charge is 0.257 e. The van der Waals surface area contributed by atoms with Crippen molar-refractivity contribution in [1.29, 1.82) is 0 Å². The standard InChI is InChI=1S/C13H12BrN3O/c1-8-10(3-2-4-11(8)14)13(18)17-12-6-5-9(15)7-16-12/h2-7H,15H2,1H3,(H,16,17,18). The fraction of sp³-hybridized carbons (Fsp3) is 0.0769. The Morgan fingerprint density at radius 3 is 2.78 bits per heavy atom. The maximum Gasteiger partial charge on any atom is 0.257 e. The van der Waals surface area contributed by atoms with Gasteiger partial charge in [-0.1, -0.05) is 22.0 Å². The number of nitrogens with zero attached hydrogens (tertiary/aromatic N) is 1. The molecule has 4 nitrogen and oxygen atoms in total. The van der Waals surface area contributed by atoms with Crippen LogP contribution < -0.4 is 11.1 Å². The molecule has 18 heavy (non-hydrogen) atoms. The summed E-state index contributed by atoms with van der Waals surface area (Å²) in [6.45, 7) is 1.88. The van der Waals surface area contributed by atoms with Crippen molar-refractivity contribution >= 4 is 33.3 Å². The molecule has 0 fully saturated rings. The van der Waals surface area contributed by atoms with Crippen molar-refractivity contribution in [2.45, 2.75) is 6.92 Å². The summed E-state index contributed by atoms with van der Waals surface area (Å²) in [5.41, 5.74) is 7.60. The third-order valence-electron chi connectivity index (χ3n) is 2.54. The van der Waals surface area contributed by atoms with Crippen LogP contribution in [0, 0.1) is 6.92 Å². The van der Waals surface area contributed by atoms with Gasteiger partial charge in [0.25, 0.3) is 5.91 Å². The minimum absolute atomic E-state index is 0.189. The molecule has 0 aliphatic carbocycles. The molecule has 1 heterocycles. The molecule has 1 amide bonds. The first kappa shape index (κ1) is 12.6. The first-order valence-electron chi connectivity index (χ1n) is 5.36. The van der Waals surface area contributed by atoms with E-state index < -0.39 is 0 Å². The van der Waals surface area contributed by atoms with E-state index in [2.05, 4.69) is 26.2 Å². The maximum absolute atomic E-state index is 12.1. The number of rotatable bonds is 2. The molecule has 0 saturated carbocycles. The predicted octanol–water partition coefficient (Wildman–Crippen LogP) is 2.99. The second-order valence-corrected chi connectivity index (χ2v) is 4.70. The van der Waals surface area contributed by atoms with Crippen molar-refractivity contribution in [1.82, 2.24) is 4.98 Å². The van der Waals surface area contributed by atoms with Gasteiger partial charge >= 0.3 is 0 Å². The van der Waals surface area contributed by atoms with Gasteiger partial charge in [-0.05, 0) is 36.8 Å². The zero-order valence-electron chi connectivity index (χ0n) is 9.77. The summed E-state index contributed by atoms with van der Waals surface area (Å²) in [4.78, 5) is 16.1. The summed E-state index contributed by atoms with van der Waals surface area (Å²) in [5.74, 6) is 0.291. The van der Waals surface area contributed by atoms with Crippen LogP contribution in [0.2, 0.25) is 0 Å². The van der Waals surface area contributed by atoms with E-state index in [-0.39, 0.29) is 5.91 Å². The highest BCUT2D eigenvalue weighted by atomic mass is 79.9. The average molecular weight is 306 g/mol. The van der Waals surface area contributed by atoms with Gasteiger partial charge < -0.3 is 11.1 Å². The second kappa shape index (κ2) is 5.18. The summed E-state index contributed by atoms with van der Waals surface area (Å²) >= 11 is 3.40. The molecule has 1 aromatic heterocycles. The van der Waals surface area contributed by atoms with Crippen LogP contribution in [0.1, 0.15) is 15.9 Å². The Bertz CT molecular complexity index is 581. The molecule has 0 unspecified atom stereocenters. The van der Waals surface area contributed by atoms with Crippen LogP contribution in [0.5, 0.6) is 0 Å². The van der Waals surface area contributed by atoms with E-state index in [1.165, 1.54) is 6.20 Å². The van der Waals surface area contributed by atoms with E-state index in [0.717, 1.165) is 10.0 Å². The lowest BCUT2D eigenvalue weighted by Crippen LogP contribution is -2.14. The van der Waals surface area contributed by atoms with Crippen molar-refractivity contribution in [2.24, 2.45) is 0 Å². The molecule has 1 aromatic carbocycles. The molecule has 0 saturated heterocycles. The first-order chi connectivity index (χ1) is 8.58. The maximum atomic E-state index is 12.1. The Morgan fingerprint density at radius 2 is 2.11 bits per heavy atom. The molecule has 2 rings (SSSR count). The number of amides is 1. The van der Waals surface area contributed by atoms with Crippen molar-refractivity contribution < 1.29 is 4.79 Å². The molecule has 0 spiro atoms. The van der Waals surface area contributed by atoms with Crippen LogP contribution in [0.25, 0.3) is 0 Å². The molecular formula is C13H12BrN3O. The van der Waals surface area contributed by atoms with Crippen LogP contribution in [0.3, 0.4) is 0 Å². The summed E-state index contributed by atoms with van der Waals surface area (Å²) < 4.78 is 0.903. The van der Waals surface area contributed by atoms with Gasteiger partial charge in [0.1, 0.15) is 5.82 Å². The molecule has 0 atom stereocenters. The summed E-state index contributed by atoms with van der Waals surface area (Å²) in [6, 6.07) is 8.85. The van der Waals surface area contributed by atoms with Gasteiger partial charge in [0.15, 0.2) is 0 Å². The molecule has 0 aliphatic heterocycles. The van der Waals surface area contributed by atoms with Crippen LogP contribution in [-0.2, 0) is 0 Å². The van der Waals surface area contributed by atoms with Crippen molar-refractivity contribution in [2.75, 3.05) is 11.1 Å². The number of nitrogen functional groups attached to an aromatic ring is 1. The summed E-state index contributed by atoms with van der Waals surface area (Å²) in [6.07, 6.45) is 1.50. The van der Waals surface area contributed by atoms with Crippen LogP contribution >= 0.6 is 15.9 Å². The molecule has 2 aromatic rings. The third kappa shape index (κ3) is 2.68. The van der Waals surface area contributed by atoms with Crippen LogP contribution in [-0.4, -0.2) is 10.9 Å². The van der Waals surface area contributed by atoms with E-state index >= 15 is 0 Å². The molecular weight excluding hydrogens is 294 g/mol. The second-order valence-electron chi connectivity index (χ2n) is 3.84. The number of benzene rings is 1. The lowest BCUT2D eigenvalue weighted by atomic mass is 10.1. The minimum atomic E-state index is -0.189. The van der Waals surface area contributed by atoms with Gasteiger partial charge in [0, 0.05) is 10.0 Å². The molecule has 0 bridgehead atoms. The topological polar surface area (TPSA) is 68.0 Å². The Morgan fingerprint density at radius 1 is 1.33 bits per heavy atom. The number of hydrogen-bond donors (Lipinski definition) is 2. The largest absolute Gasteiger partial charge is 0.397 e. The Hall–Kier alpha value is -1.88. The van der Waals surface area contributed by atoms with Gasteiger partial charge in [-0.25, -0.2) is 4.98 Å². The normalized spacial score (nSPS) is 10.1. The summed E-state index contributed by atoms with van der Waals surface area (Å²) in [5, 5.41) is 2.73. The van der Waals surface area contributed by atoms with E-state index in [9.17, 15) is 4.79 Å². The number of carbonyl (C=O) groups excluding carboxylic acids is 1. The van der Waals surface area contributed by atoms with Crippen molar-refractivity contribution in [3.63, 3.8) is 0 Å². The molecule has 92 valence electrons. The Labute approximate surface area is 113 Å². The highest BCUT2D eigenvalue weighted by molar-refractivity contribution is 9.10. The third-order valence-corrected chi connectivity index (χ3v) is 3.40. The summed E-state index contributed by atoms with van der Waals surface area (Å²) in [7, 11) is 0. The average Bonchev–Trinajstić information content (AvgIpc) is 2.35. The lowest BCUT2D eigenvalue weighted by Gasteiger charge is -2.08. The number of halogens is 1. The predicted molar refractivity (Wildman–Crippen MR) is 75.5 cm³/mol. The van der Waals surface area contributed by atoms with E-state index in [1.54, 1.807) is 18.2 Å². The first-order valence-corrected chi connectivity index (χ1v) is 6.15.